The standard InChI is InChI=1S/C22H23N3O3S2/c1-3-21(26)23-17-8-10-18(11-9-17)30(27,28)25-13-12-19-20(14-25)29-22(24-19)16-6-4-15(2)5-7-16/h4-11H,3,12-14H2,1-2H3,(H,23,26). The molecule has 2 heterocycles. The van der Waals surface area contributed by atoms with Gasteiger partial charge in [0.05, 0.1) is 17.1 Å². The number of hydrogen-bond donors (Lipinski definition) is 1. The summed E-state index contributed by atoms with van der Waals surface area (Å²) in [6, 6.07) is 14.5. The van der Waals surface area contributed by atoms with Gasteiger partial charge in [-0.25, -0.2) is 13.4 Å². The molecule has 1 aliphatic rings. The number of amides is 1. The fourth-order valence-corrected chi connectivity index (χ4v) is 5.93. The maximum atomic E-state index is 13.1. The Kier molecular flexibility index (Phi) is 5.73. The Hall–Kier alpha value is -2.55. The molecule has 0 bridgehead atoms. The van der Waals surface area contributed by atoms with Crippen LogP contribution in [0.3, 0.4) is 0 Å². The number of nitrogens with zero attached hydrogens (tertiary/aromatic N) is 2. The summed E-state index contributed by atoms with van der Waals surface area (Å²) in [5, 5.41) is 3.66. The highest BCUT2D eigenvalue weighted by Crippen LogP contribution is 2.33. The number of carbonyl (C=O) groups is 1. The summed E-state index contributed by atoms with van der Waals surface area (Å²) in [6.07, 6.45) is 0.969. The summed E-state index contributed by atoms with van der Waals surface area (Å²) in [5.74, 6) is -0.108. The monoisotopic (exact) mass is 441 g/mol. The number of nitrogens with one attached hydrogen (secondary N) is 1. The van der Waals surface area contributed by atoms with Crippen molar-refractivity contribution in [2.24, 2.45) is 0 Å². The van der Waals surface area contributed by atoms with Crippen LogP contribution in [-0.4, -0.2) is 30.2 Å². The van der Waals surface area contributed by atoms with Gasteiger partial charge in [0.15, 0.2) is 0 Å². The van der Waals surface area contributed by atoms with Crippen LogP contribution in [0.15, 0.2) is 53.4 Å². The van der Waals surface area contributed by atoms with Crippen LogP contribution in [0.2, 0.25) is 0 Å². The van der Waals surface area contributed by atoms with E-state index in [0.29, 0.717) is 31.6 Å². The van der Waals surface area contributed by atoms with Gasteiger partial charge in [0.1, 0.15) is 5.01 Å². The van der Waals surface area contributed by atoms with Crippen molar-refractivity contribution in [3.8, 4) is 10.6 Å². The number of carbonyl (C=O) groups excluding carboxylic acids is 1. The smallest absolute Gasteiger partial charge is 0.243 e. The summed E-state index contributed by atoms with van der Waals surface area (Å²) in [7, 11) is -3.62. The zero-order valence-corrected chi connectivity index (χ0v) is 18.5. The number of sulfonamides is 1. The van der Waals surface area contributed by atoms with Gasteiger partial charge >= 0.3 is 0 Å². The number of aryl methyl sites for hydroxylation is 1. The van der Waals surface area contributed by atoms with Crippen LogP contribution in [0.1, 0.15) is 29.5 Å². The lowest BCUT2D eigenvalue weighted by atomic mass is 10.1. The second kappa shape index (κ2) is 8.29. The van der Waals surface area contributed by atoms with Gasteiger partial charge in [-0.05, 0) is 31.2 Å². The van der Waals surface area contributed by atoms with Crippen molar-refractivity contribution in [2.75, 3.05) is 11.9 Å². The summed E-state index contributed by atoms with van der Waals surface area (Å²) >= 11 is 1.56. The first-order valence-corrected chi connectivity index (χ1v) is 12.1. The SMILES string of the molecule is CCC(=O)Nc1ccc(S(=O)(=O)N2CCc3nc(-c4ccc(C)cc4)sc3C2)cc1. The highest BCUT2D eigenvalue weighted by molar-refractivity contribution is 7.89. The van der Waals surface area contributed by atoms with E-state index in [2.05, 4.69) is 17.4 Å². The quantitative estimate of drug-likeness (QED) is 0.643. The predicted molar refractivity (Wildman–Crippen MR) is 119 cm³/mol. The Labute approximate surface area is 180 Å². The van der Waals surface area contributed by atoms with E-state index in [9.17, 15) is 13.2 Å². The zero-order chi connectivity index (χ0) is 21.3. The van der Waals surface area contributed by atoms with Gasteiger partial charge in [-0.15, -0.1) is 11.3 Å². The summed E-state index contributed by atoms with van der Waals surface area (Å²) < 4.78 is 27.8. The molecule has 6 nitrogen and oxygen atoms in total. The lowest BCUT2D eigenvalue weighted by Gasteiger charge is -2.25. The maximum absolute atomic E-state index is 13.1. The molecule has 0 fully saturated rings. The van der Waals surface area contributed by atoms with Gasteiger partial charge in [-0.3, -0.25) is 4.79 Å². The van der Waals surface area contributed by atoms with Gasteiger partial charge in [-0.2, -0.15) is 4.31 Å². The minimum Gasteiger partial charge on any atom is -0.326 e. The van der Waals surface area contributed by atoms with Crippen molar-refractivity contribution in [2.45, 2.75) is 38.1 Å². The van der Waals surface area contributed by atoms with Gasteiger partial charge in [0.25, 0.3) is 0 Å². The molecule has 1 aliphatic heterocycles. The fraction of sp³-hybridized carbons (Fsp3) is 0.273. The number of fused-ring (bicyclic) bond motifs is 1. The molecule has 0 radical (unpaired) electrons. The summed E-state index contributed by atoms with van der Waals surface area (Å²) in [5.41, 5.74) is 3.82. The molecule has 4 rings (SSSR count). The van der Waals surface area contributed by atoms with Gasteiger partial charge < -0.3 is 5.32 Å². The molecule has 0 saturated carbocycles. The normalized spacial score (nSPS) is 14.3. The molecule has 0 atom stereocenters. The largest absolute Gasteiger partial charge is 0.326 e. The van der Waals surface area contributed by atoms with E-state index in [4.69, 9.17) is 4.98 Å². The number of benzene rings is 2. The molecular formula is C22H23N3O3S2. The molecule has 0 unspecified atom stereocenters. The van der Waals surface area contributed by atoms with Crippen molar-refractivity contribution in [1.82, 2.24) is 9.29 Å². The molecule has 0 aliphatic carbocycles. The first-order chi connectivity index (χ1) is 14.4. The molecule has 0 saturated heterocycles. The van der Waals surface area contributed by atoms with Crippen LogP contribution >= 0.6 is 11.3 Å². The molecule has 3 aromatic rings. The van der Waals surface area contributed by atoms with Crippen molar-refractivity contribution in [3.63, 3.8) is 0 Å². The Bertz CT molecular complexity index is 1170. The molecule has 156 valence electrons. The van der Waals surface area contributed by atoms with E-state index >= 15 is 0 Å². The fourth-order valence-electron chi connectivity index (χ4n) is 3.31. The Morgan fingerprint density at radius 3 is 2.50 bits per heavy atom. The molecule has 30 heavy (non-hydrogen) atoms. The van der Waals surface area contributed by atoms with E-state index in [-0.39, 0.29) is 10.8 Å². The Morgan fingerprint density at radius 1 is 1.13 bits per heavy atom. The topological polar surface area (TPSA) is 79.4 Å². The van der Waals surface area contributed by atoms with Crippen molar-refractivity contribution >= 4 is 33.0 Å². The third kappa shape index (κ3) is 4.16. The third-order valence-corrected chi connectivity index (χ3v) is 8.08. The summed E-state index contributed by atoms with van der Waals surface area (Å²) in [6.45, 7) is 4.54. The van der Waals surface area contributed by atoms with E-state index in [1.165, 1.54) is 9.87 Å². The second-order valence-electron chi connectivity index (χ2n) is 7.27. The van der Waals surface area contributed by atoms with Gasteiger partial charge in [-0.1, -0.05) is 36.8 Å². The van der Waals surface area contributed by atoms with E-state index in [0.717, 1.165) is 21.1 Å². The second-order valence-corrected chi connectivity index (χ2v) is 10.3. The Morgan fingerprint density at radius 2 is 1.83 bits per heavy atom. The first kappa shape index (κ1) is 20.7. The lowest BCUT2D eigenvalue weighted by molar-refractivity contribution is -0.115. The zero-order valence-electron chi connectivity index (χ0n) is 16.9. The summed E-state index contributed by atoms with van der Waals surface area (Å²) in [4.78, 5) is 17.5. The van der Waals surface area contributed by atoms with Crippen molar-refractivity contribution in [1.29, 1.82) is 0 Å². The van der Waals surface area contributed by atoms with Crippen LogP contribution in [0.25, 0.3) is 10.6 Å². The molecule has 1 N–H and O–H groups in total. The minimum atomic E-state index is -3.62. The van der Waals surface area contributed by atoms with Crippen LogP contribution < -0.4 is 5.32 Å². The number of hydrogen-bond acceptors (Lipinski definition) is 5. The molecular weight excluding hydrogens is 418 g/mol. The minimum absolute atomic E-state index is 0.108. The van der Waals surface area contributed by atoms with E-state index < -0.39 is 10.0 Å². The van der Waals surface area contributed by atoms with E-state index in [1.807, 2.05) is 19.1 Å². The number of rotatable bonds is 5. The highest BCUT2D eigenvalue weighted by atomic mass is 32.2. The molecule has 1 aromatic heterocycles. The average Bonchev–Trinajstić information content (AvgIpc) is 3.18. The lowest BCUT2D eigenvalue weighted by Crippen LogP contribution is -2.35. The number of anilines is 1. The average molecular weight is 442 g/mol. The van der Waals surface area contributed by atoms with Gasteiger partial charge in [0, 0.05) is 35.5 Å². The van der Waals surface area contributed by atoms with Gasteiger partial charge in [0.2, 0.25) is 15.9 Å². The van der Waals surface area contributed by atoms with Crippen LogP contribution in [0.4, 0.5) is 5.69 Å². The van der Waals surface area contributed by atoms with Crippen LogP contribution in [0, 0.1) is 6.92 Å². The molecule has 1 amide bonds. The maximum Gasteiger partial charge on any atom is 0.243 e. The van der Waals surface area contributed by atoms with Crippen molar-refractivity contribution in [3.05, 3.63) is 64.7 Å². The molecule has 8 heteroatoms. The van der Waals surface area contributed by atoms with Crippen LogP contribution in [-0.2, 0) is 27.8 Å². The van der Waals surface area contributed by atoms with Crippen molar-refractivity contribution < 1.29 is 13.2 Å². The van der Waals surface area contributed by atoms with E-state index in [1.54, 1.807) is 42.5 Å². The molecule has 2 aromatic carbocycles. The Balaban J connectivity index is 1.53. The van der Waals surface area contributed by atoms with Crippen LogP contribution in [0.5, 0.6) is 0 Å². The molecule has 0 spiro atoms. The number of aromatic nitrogens is 1. The number of thiazole rings is 1. The predicted octanol–water partition coefficient (Wildman–Crippen LogP) is 4.21. The highest BCUT2D eigenvalue weighted by Gasteiger charge is 2.30. The first-order valence-electron chi connectivity index (χ1n) is 9.82. The third-order valence-electron chi connectivity index (χ3n) is 5.09.